The molecule has 0 aromatic heterocycles. The summed E-state index contributed by atoms with van der Waals surface area (Å²) in [7, 11) is -2.28. The molecule has 1 aliphatic heterocycles. The van der Waals surface area contributed by atoms with Crippen LogP contribution in [-0.4, -0.2) is 45.6 Å². The predicted octanol–water partition coefficient (Wildman–Crippen LogP) is 1.22. The van der Waals surface area contributed by atoms with Gasteiger partial charge in [-0.2, -0.15) is 4.31 Å². The second-order valence-electron chi connectivity index (χ2n) is 4.84. The monoisotopic (exact) mass is 334 g/mol. The predicted molar refractivity (Wildman–Crippen MR) is 80.1 cm³/mol. The Balaban J connectivity index is 2.51. The van der Waals surface area contributed by atoms with Gasteiger partial charge in [-0.3, -0.25) is 0 Å². The highest BCUT2D eigenvalue weighted by atomic mass is 35.5. The van der Waals surface area contributed by atoms with Crippen molar-refractivity contribution in [1.82, 2.24) is 4.31 Å². The summed E-state index contributed by atoms with van der Waals surface area (Å²) in [6.45, 7) is 2.96. The molecule has 6 nitrogen and oxygen atoms in total. The summed E-state index contributed by atoms with van der Waals surface area (Å²) in [5.74, 6) is 0.251. The van der Waals surface area contributed by atoms with Gasteiger partial charge in [-0.25, -0.2) is 8.42 Å². The molecule has 0 aliphatic carbocycles. The van der Waals surface area contributed by atoms with Crippen LogP contribution in [0.4, 0.5) is 0 Å². The fourth-order valence-corrected chi connectivity index (χ4v) is 4.37. The molecule has 0 bridgehead atoms. The molecular formula is C13H19ClN2O4S. The zero-order valence-electron chi connectivity index (χ0n) is 12.0. The third kappa shape index (κ3) is 3.32. The first-order valence-corrected chi connectivity index (χ1v) is 8.40. The molecule has 0 spiro atoms. The Morgan fingerprint density at radius 1 is 1.52 bits per heavy atom. The molecule has 1 aliphatic rings. The Labute approximate surface area is 129 Å². The topological polar surface area (TPSA) is 81.9 Å². The SMILES string of the molecule is COc1c(CN)cc(Cl)cc1S(=O)(=O)N1CCOC(C)C1. The largest absolute Gasteiger partial charge is 0.495 e. The lowest BCUT2D eigenvalue weighted by Gasteiger charge is -2.31. The van der Waals surface area contributed by atoms with Crippen LogP contribution in [0.2, 0.25) is 5.02 Å². The highest BCUT2D eigenvalue weighted by Crippen LogP contribution is 2.34. The van der Waals surface area contributed by atoms with E-state index in [1.54, 1.807) is 6.07 Å². The zero-order valence-corrected chi connectivity index (χ0v) is 13.6. The molecule has 1 fully saturated rings. The number of hydrogen-bond acceptors (Lipinski definition) is 5. The second-order valence-corrected chi connectivity index (χ2v) is 7.19. The molecule has 8 heteroatoms. The number of hydrogen-bond donors (Lipinski definition) is 1. The molecule has 2 rings (SSSR count). The zero-order chi connectivity index (χ0) is 15.6. The van der Waals surface area contributed by atoms with Gasteiger partial charge in [0.2, 0.25) is 10.0 Å². The van der Waals surface area contributed by atoms with Crippen molar-refractivity contribution >= 4 is 21.6 Å². The molecule has 118 valence electrons. The standard InChI is InChI=1S/C13H19ClN2O4S/c1-9-8-16(3-4-20-9)21(17,18)12-6-11(14)5-10(7-15)13(12)19-2/h5-6,9H,3-4,7-8,15H2,1-2H3. The number of methoxy groups -OCH3 is 1. The Kier molecular flexibility index (Phi) is 5.11. The van der Waals surface area contributed by atoms with Crippen LogP contribution >= 0.6 is 11.6 Å². The van der Waals surface area contributed by atoms with Gasteiger partial charge in [0.1, 0.15) is 10.6 Å². The molecule has 0 amide bonds. The quantitative estimate of drug-likeness (QED) is 0.895. The molecule has 1 atom stereocenters. The van der Waals surface area contributed by atoms with Crippen molar-refractivity contribution in [1.29, 1.82) is 0 Å². The summed E-state index contributed by atoms with van der Waals surface area (Å²) < 4.78 is 37.7. The average molecular weight is 335 g/mol. The number of nitrogens with zero attached hydrogens (tertiary/aromatic N) is 1. The Morgan fingerprint density at radius 2 is 2.24 bits per heavy atom. The van der Waals surface area contributed by atoms with E-state index in [9.17, 15) is 8.42 Å². The van der Waals surface area contributed by atoms with Gasteiger partial charge < -0.3 is 15.2 Å². The fourth-order valence-electron chi connectivity index (χ4n) is 2.34. The van der Waals surface area contributed by atoms with Crippen molar-refractivity contribution < 1.29 is 17.9 Å². The number of morpholine rings is 1. The van der Waals surface area contributed by atoms with E-state index < -0.39 is 10.0 Å². The molecular weight excluding hydrogens is 316 g/mol. The maximum Gasteiger partial charge on any atom is 0.246 e. The smallest absolute Gasteiger partial charge is 0.246 e. The second kappa shape index (κ2) is 6.50. The van der Waals surface area contributed by atoms with Crippen molar-refractivity contribution in [3.05, 3.63) is 22.7 Å². The summed E-state index contributed by atoms with van der Waals surface area (Å²) in [6, 6.07) is 3.01. The van der Waals surface area contributed by atoms with Crippen LogP contribution in [-0.2, 0) is 21.3 Å². The number of sulfonamides is 1. The minimum atomic E-state index is -3.70. The van der Waals surface area contributed by atoms with Crippen LogP contribution in [0, 0.1) is 0 Å². The summed E-state index contributed by atoms with van der Waals surface area (Å²) in [5, 5.41) is 0.316. The number of benzene rings is 1. The van der Waals surface area contributed by atoms with Crippen LogP contribution < -0.4 is 10.5 Å². The molecule has 1 aromatic carbocycles. The number of halogens is 1. The van der Waals surface area contributed by atoms with Crippen LogP contribution in [0.3, 0.4) is 0 Å². The first kappa shape index (κ1) is 16.5. The number of nitrogens with two attached hydrogens (primary N) is 1. The van der Waals surface area contributed by atoms with Gasteiger partial charge >= 0.3 is 0 Å². The summed E-state index contributed by atoms with van der Waals surface area (Å²) in [4.78, 5) is 0.0482. The molecule has 1 heterocycles. The Bertz CT molecular complexity index is 621. The van der Waals surface area contributed by atoms with Gasteiger partial charge in [-0.1, -0.05) is 11.6 Å². The van der Waals surface area contributed by atoms with E-state index in [0.717, 1.165) is 0 Å². The molecule has 1 aromatic rings. The van der Waals surface area contributed by atoms with E-state index in [-0.39, 0.29) is 23.3 Å². The Morgan fingerprint density at radius 3 is 2.81 bits per heavy atom. The van der Waals surface area contributed by atoms with Crippen molar-refractivity contribution in [2.24, 2.45) is 5.73 Å². The van der Waals surface area contributed by atoms with Crippen molar-refractivity contribution in [3.8, 4) is 5.75 Å². The maximum absolute atomic E-state index is 12.8. The summed E-state index contributed by atoms with van der Waals surface area (Å²) in [5.41, 5.74) is 6.20. The summed E-state index contributed by atoms with van der Waals surface area (Å²) >= 11 is 6.01. The molecule has 2 N–H and O–H groups in total. The fraction of sp³-hybridized carbons (Fsp3) is 0.538. The third-order valence-corrected chi connectivity index (χ3v) is 5.43. The van der Waals surface area contributed by atoms with Gasteiger partial charge in [0.25, 0.3) is 0 Å². The van der Waals surface area contributed by atoms with Crippen LogP contribution in [0.5, 0.6) is 5.75 Å². The third-order valence-electron chi connectivity index (χ3n) is 3.34. The molecule has 1 saturated heterocycles. The molecule has 1 unspecified atom stereocenters. The first-order chi connectivity index (χ1) is 9.90. The lowest BCUT2D eigenvalue weighted by molar-refractivity contribution is 0.0101. The van der Waals surface area contributed by atoms with E-state index in [0.29, 0.717) is 30.3 Å². The lowest BCUT2D eigenvalue weighted by atomic mass is 10.2. The normalized spacial score (nSPS) is 20.5. The van der Waals surface area contributed by atoms with Gasteiger partial charge in [0, 0.05) is 30.2 Å². The van der Waals surface area contributed by atoms with Crippen molar-refractivity contribution in [2.45, 2.75) is 24.5 Å². The minimum absolute atomic E-state index is 0.0482. The molecule has 0 saturated carbocycles. The van der Waals surface area contributed by atoms with Gasteiger partial charge in [-0.15, -0.1) is 0 Å². The van der Waals surface area contributed by atoms with Gasteiger partial charge in [0.05, 0.1) is 19.8 Å². The van der Waals surface area contributed by atoms with Crippen molar-refractivity contribution in [3.63, 3.8) is 0 Å². The van der Waals surface area contributed by atoms with Crippen LogP contribution in [0.1, 0.15) is 12.5 Å². The van der Waals surface area contributed by atoms with E-state index >= 15 is 0 Å². The Hall–Kier alpha value is -0.860. The van der Waals surface area contributed by atoms with Crippen LogP contribution in [0.25, 0.3) is 0 Å². The van der Waals surface area contributed by atoms with E-state index in [2.05, 4.69) is 0 Å². The van der Waals surface area contributed by atoms with E-state index in [1.807, 2.05) is 6.92 Å². The first-order valence-electron chi connectivity index (χ1n) is 6.58. The van der Waals surface area contributed by atoms with Crippen molar-refractivity contribution in [2.75, 3.05) is 26.8 Å². The number of ether oxygens (including phenoxy) is 2. The average Bonchev–Trinajstić information content (AvgIpc) is 2.46. The lowest BCUT2D eigenvalue weighted by Crippen LogP contribution is -2.44. The highest BCUT2D eigenvalue weighted by molar-refractivity contribution is 7.89. The van der Waals surface area contributed by atoms with Crippen LogP contribution in [0.15, 0.2) is 17.0 Å². The van der Waals surface area contributed by atoms with Gasteiger partial charge in [-0.05, 0) is 19.1 Å². The molecule has 21 heavy (non-hydrogen) atoms. The minimum Gasteiger partial charge on any atom is -0.495 e. The maximum atomic E-state index is 12.8. The van der Waals surface area contributed by atoms with E-state index in [1.165, 1.54) is 17.5 Å². The molecule has 0 radical (unpaired) electrons. The number of rotatable bonds is 4. The summed E-state index contributed by atoms with van der Waals surface area (Å²) in [6.07, 6.45) is -0.146. The van der Waals surface area contributed by atoms with Gasteiger partial charge in [0.15, 0.2) is 0 Å². The highest BCUT2D eigenvalue weighted by Gasteiger charge is 2.32. The van der Waals surface area contributed by atoms with E-state index in [4.69, 9.17) is 26.8 Å².